The summed E-state index contributed by atoms with van der Waals surface area (Å²) in [6.07, 6.45) is 1.04. The Morgan fingerprint density at radius 1 is 1.29 bits per heavy atom. The molecule has 1 heterocycles. The molecule has 2 unspecified atom stereocenters. The van der Waals surface area contributed by atoms with Crippen LogP contribution in [0.2, 0.25) is 0 Å². The van der Waals surface area contributed by atoms with Gasteiger partial charge in [-0.25, -0.2) is 4.79 Å². The molecule has 5 heteroatoms. The molecule has 0 spiro atoms. The van der Waals surface area contributed by atoms with Gasteiger partial charge in [-0.3, -0.25) is 4.79 Å². The third kappa shape index (κ3) is 3.24. The van der Waals surface area contributed by atoms with E-state index in [1.54, 1.807) is 26.0 Å². The maximum Gasteiger partial charge on any atom is 0.336 e. The van der Waals surface area contributed by atoms with Crippen LogP contribution in [0.3, 0.4) is 0 Å². The van der Waals surface area contributed by atoms with Gasteiger partial charge in [-0.1, -0.05) is 12.1 Å². The van der Waals surface area contributed by atoms with Crippen molar-refractivity contribution >= 4 is 11.9 Å². The van der Waals surface area contributed by atoms with E-state index >= 15 is 0 Å². The molecule has 1 aromatic rings. The number of carboxylic acid groups (broad SMARTS) is 1. The minimum atomic E-state index is -1.07. The van der Waals surface area contributed by atoms with Crippen LogP contribution in [0.25, 0.3) is 0 Å². The van der Waals surface area contributed by atoms with Gasteiger partial charge in [0.25, 0.3) is 5.91 Å². The summed E-state index contributed by atoms with van der Waals surface area (Å²) in [7, 11) is 0. The predicted molar refractivity (Wildman–Crippen MR) is 78.7 cm³/mol. The van der Waals surface area contributed by atoms with Gasteiger partial charge in [-0.2, -0.15) is 0 Å². The van der Waals surface area contributed by atoms with Gasteiger partial charge in [0.15, 0.2) is 0 Å². The molecular formula is C16H21NO4. The molecule has 0 aliphatic carbocycles. The van der Waals surface area contributed by atoms with E-state index in [0.29, 0.717) is 24.3 Å². The number of carbonyl (C=O) groups excluding carboxylic acids is 1. The predicted octanol–water partition coefficient (Wildman–Crippen LogP) is 2.16. The van der Waals surface area contributed by atoms with Crippen molar-refractivity contribution < 1.29 is 19.4 Å². The molecule has 2 atom stereocenters. The van der Waals surface area contributed by atoms with Crippen LogP contribution in [0.15, 0.2) is 12.1 Å². The van der Waals surface area contributed by atoms with E-state index in [0.717, 1.165) is 6.42 Å². The average molecular weight is 291 g/mol. The second-order valence-electron chi connectivity index (χ2n) is 5.59. The van der Waals surface area contributed by atoms with Crippen molar-refractivity contribution in [1.82, 2.24) is 5.32 Å². The third-order valence-corrected chi connectivity index (χ3v) is 4.12. The standard InChI is InChI=1S/C16H21NO4/c1-9-4-5-10(2)14(16(19)20)13(9)15(18)17-8-12-6-7-21-11(12)3/h4-5,11-12H,6-8H2,1-3H3,(H,17,18)(H,19,20). The first-order chi connectivity index (χ1) is 9.91. The van der Waals surface area contributed by atoms with E-state index in [1.165, 1.54) is 0 Å². The molecule has 2 rings (SSSR count). The highest BCUT2D eigenvalue weighted by Crippen LogP contribution is 2.21. The first kappa shape index (κ1) is 15.5. The van der Waals surface area contributed by atoms with Crippen LogP contribution in [0.5, 0.6) is 0 Å². The number of carboxylic acids is 1. The summed E-state index contributed by atoms with van der Waals surface area (Å²) in [5, 5.41) is 12.2. The van der Waals surface area contributed by atoms with Gasteiger partial charge < -0.3 is 15.2 Å². The maximum absolute atomic E-state index is 12.4. The Morgan fingerprint density at radius 3 is 2.43 bits per heavy atom. The maximum atomic E-state index is 12.4. The summed E-state index contributed by atoms with van der Waals surface area (Å²) in [6, 6.07) is 3.50. The summed E-state index contributed by atoms with van der Waals surface area (Å²) < 4.78 is 5.46. The van der Waals surface area contributed by atoms with E-state index in [-0.39, 0.29) is 29.1 Å². The van der Waals surface area contributed by atoms with Crippen molar-refractivity contribution in [1.29, 1.82) is 0 Å². The van der Waals surface area contributed by atoms with Crippen LogP contribution in [-0.4, -0.2) is 36.2 Å². The molecule has 0 aromatic heterocycles. The molecule has 1 fully saturated rings. The Hall–Kier alpha value is -1.88. The van der Waals surface area contributed by atoms with Crippen LogP contribution in [0, 0.1) is 19.8 Å². The SMILES string of the molecule is Cc1ccc(C)c(C(=O)NCC2CCOC2C)c1C(=O)O. The second kappa shape index (κ2) is 6.26. The zero-order chi connectivity index (χ0) is 15.6. The van der Waals surface area contributed by atoms with Crippen molar-refractivity contribution in [3.8, 4) is 0 Å². The van der Waals surface area contributed by atoms with Gasteiger partial charge in [0.1, 0.15) is 0 Å². The van der Waals surface area contributed by atoms with Gasteiger partial charge >= 0.3 is 5.97 Å². The summed E-state index contributed by atoms with van der Waals surface area (Å²) in [4.78, 5) is 23.8. The Morgan fingerprint density at radius 2 is 1.90 bits per heavy atom. The van der Waals surface area contributed by atoms with E-state index in [4.69, 9.17) is 4.74 Å². The lowest BCUT2D eigenvalue weighted by atomic mass is 9.96. The minimum absolute atomic E-state index is 0.0863. The number of aromatic carboxylic acids is 1. The number of hydrogen-bond donors (Lipinski definition) is 2. The van der Waals surface area contributed by atoms with E-state index < -0.39 is 5.97 Å². The fraction of sp³-hybridized carbons (Fsp3) is 0.500. The van der Waals surface area contributed by atoms with E-state index in [9.17, 15) is 14.7 Å². The third-order valence-electron chi connectivity index (χ3n) is 4.12. The Kier molecular flexibility index (Phi) is 4.63. The summed E-state index contributed by atoms with van der Waals surface area (Å²) in [6.45, 7) is 6.66. The van der Waals surface area contributed by atoms with Gasteiger partial charge in [0, 0.05) is 19.1 Å². The van der Waals surface area contributed by atoms with Crippen LogP contribution >= 0.6 is 0 Å². The largest absolute Gasteiger partial charge is 0.478 e. The van der Waals surface area contributed by atoms with Crippen molar-refractivity contribution in [2.24, 2.45) is 5.92 Å². The first-order valence-electron chi connectivity index (χ1n) is 7.15. The number of carbonyl (C=O) groups is 2. The molecule has 5 nitrogen and oxygen atoms in total. The van der Waals surface area contributed by atoms with Crippen molar-refractivity contribution in [3.05, 3.63) is 34.4 Å². The number of nitrogens with one attached hydrogen (secondary N) is 1. The van der Waals surface area contributed by atoms with Crippen molar-refractivity contribution in [2.45, 2.75) is 33.3 Å². The fourth-order valence-electron chi connectivity index (χ4n) is 2.74. The molecule has 114 valence electrons. The van der Waals surface area contributed by atoms with Crippen LogP contribution < -0.4 is 5.32 Å². The smallest absolute Gasteiger partial charge is 0.336 e. The average Bonchev–Trinajstić information content (AvgIpc) is 2.83. The van der Waals surface area contributed by atoms with Crippen LogP contribution in [0.4, 0.5) is 0 Å². The fourth-order valence-corrected chi connectivity index (χ4v) is 2.74. The lowest BCUT2D eigenvalue weighted by Crippen LogP contribution is -2.33. The van der Waals surface area contributed by atoms with Gasteiger partial charge in [-0.05, 0) is 38.3 Å². The monoisotopic (exact) mass is 291 g/mol. The molecule has 2 N–H and O–H groups in total. The molecule has 1 aliphatic rings. The Balaban J connectivity index is 2.19. The molecular weight excluding hydrogens is 270 g/mol. The molecule has 1 amide bonds. The summed E-state index contributed by atoms with van der Waals surface area (Å²) in [5.41, 5.74) is 1.61. The lowest BCUT2D eigenvalue weighted by Gasteiger charge is -2.17. The summed E-state index contributed by atoms with van der Waals surface area (Å²) >= 11 is 0. The van der Waals surface area contributed by atoms with Crippen molar-refractivity contribution in [2.75, 3.05) is 13.2 Å². The second-order valence-corrected chi connectivity index (χ2v) is 5.59. The topological polar surface area (TPSA) is 75.6 Å². The highest BCUT2D eigenvalue weighted by atomic mass is 16.5. The first-order valence-corrected chi connectivity index (χ1v) is 7.15. The minimum Gasteiger partial charge on any atom is -0.478 e. The van der Waals surface area contributed by atoms with Crippen LogP contribution in [0.1, 0.15) is 45.2 Å². The number of ether oxygens (including phenoxy) is 1. The number of hydrogen-bond acceptors (Lipinski definition) is 3. The van der Waals surface area contributed by atoms with Gasteiger partial charge in [0.05, 0.1) is 17.2 Å². The quantitative estimate of drug-likeness (QED) is 0.891. The number of aryl methyl sites for hydroxylation is 2. The molecule has 0 bridgehead atoms. The number of benzene rings is 1. The highest BCUT2D eigenvalue weighted by molar-refractivity contribution is 6.06. The molecule has 0 saturated carbocycles. The lowest BCUT2D eigenvalue weighted by molar-refractivity contribution is 0.0689. The number of rotatable bonds is 4. The van der Waals surface area contributed by atoms with Gasteiger partial charge in [0.2, 0.25) is 0 Å². The normalized spacial score (nSPS) is 21.3. The molecule has 0 radical (unpaired) electrons. The Bertz CT molecular complexity index is 568. The van der Waals surface area contributed by atoms with E-state index in [1.807, 2.05) is 6.92 Å². The zero-order valence-electron chi connectivity index (χ0n) is 12.6. The molecule has 1 aliphatic heterocycles. The highest BCUT2D eigenvalue weighted by Gasteiger charge is 2.26. The zero-order valence-corrected chi connectivity index (χ0v) is 12.6. The Labute approximate surface area is 124 Å². The van der Waals surface area contributed by atoms with Crippen LogP contribution in [-0.2, 0) is 4.74 Å². The van der Waals surface area contributed by atoms with Gasteiger partial charge in [-0.15, -0.1) is 0 Å². The van der Waals surface area contributed by atoms with Crippen molar-refractivity contribution in [3.63, 3.8) is 0 Å². The molecule has 1 aromatic carbocycles. The molecule has 1 saturated heterocycles. The molecule has 21 heavy (non-hydrogen) atoms. The number of amides is 1. The van der Waals surface area contributed by atoms with E-state index in [2.05, 4.69) is 5.32 Å². The summed E-state index contributed by atoms with van der Waals surface area (Å²) in [5.74, 6) is -1.11.